The van der Waals surface area contributed by atoms with Crippen molar-refractivity contribution in [3.05, 3.63) is 70.9 Å². The molecule has 2 N–H and O–H groups in total. The van der Waals surface area contributed by atoms with Crippen LogP contribution in [-0.4, -0.2) is 73.3 Å². The van der Waals surface area contributed by atoms with Gasteiger partial charge in [0.2, 0.25) is 11.8 Å². The van der Waals surface area contributed by atoms with Gasteiger partial charge < -0.3 is 19.4 Å². The molecule has 0 bridgehead atoms. The van der Waals surface area contributed by atoms with Crippen molar-refractivity contribution in [2.24, 2.45) is 13.0 Å². The average molecular weight is 695 g/mol. The Morgan fingerprint density at radius 2 is 1.86 bits per heavy atom. The largest absolute Gasteiger partial charge is 0.494 e. The van der Waals surface area contributed by atoms with E-state index in [-0.39, 0.29) is 23.9 Å². The fourth-order valence-corrected chi connectivity index (χ4v) is 8.45. The predicted molar refractivity (Wildman–Crippen MR) is 189 cm³/mol. The van der Waals surface area contributed by atoms with Crippen LogP contribution in [0, 0.1) is 5.92 Å². The van der Waals surface area contributed by atoms with Gasteiger partial charge in [-0.1, -0.05) is 12.1 Å². The van der Waals surface area contributed by atoms with Gasteiger partial charge in [-0.15, -0.1) is 0 Å². The molecular weight excluding hydrogens is 652 g/mol. The summed E-state index contributed by atoms with van der Waals surface area (Å²) in [5.41, 5.74) is 3.93. The fourth-order valence-electron chi connectivity index (χ4n) is 8.45. The molecule has 1 saturated carbocycles. The van der Waals surface area contributed by atoms with E-state index >= 15 is 0 Å². The van der Waals surface area contributed by atoms with E-state index in [0.29, 0.717) is 35.7 Å². The molecule has 5 aromatic rings. The number of imide groups is 1. The summed E-state index contributed by atoms with van der Waals surface area (Å²) < 4.78 is 16.0. The normalized spacial score (nSPS) is 22.0. The molecule has 14 heteroatoms. The number of aryl methyl sites for hydroxylation is 1. The molecule has 2 aromatic carbocycles. The Bertz CT molecular complexity index is 2170. The summed E-state index contributed by atoms with van der Waals surface area (Å²) in [5, 5.41) is 11.0. The molecule has 14 nitrogen and oxygen atoms in total. The van der Waals surface area contributed by atoms with Crippen molar-refractivity contribution in [2.75, 3.05) is 32.1 Å². The van der Waals surface area contributed by atoms with Crippen LogP contribution in [0.4, 0.5) is 5.69 Å². The number of amides is 3. The molecule has 2 saturated heterocycles. The summed E-state index contributed by atoms with van der Waals surface area (Å²) in [6, 6.07) is 9.39. The van der Waals surface area contributed by atoms with Gasteiger partial charge in [-0.05, 0) is 87.6 Å². The summed E-state index contributed by atoms with van der Waals surface area (Å²) in [7, 11) is 3.35. The first-order valence-corrected chi connectivity index (χ1v) is 17.8. The Morgan fingerprint density at radius 3 is 2.59 bits per heavy atom. The van der Waals surface area contributed by atoms with Gasteiger partial charge in [0.15, 0.2) is 0 Å². The minimum absolute atomic E-state index is 0.0149. The van der Waals surface area contributed by atoms with Crippen LogP contribution in [0.25, 0.3) is 21.9 Å². The van der Waals surface area contributed by atoms with Crippen molar-refractivity contribution < 1.29 is 23.5 Å². The summed E-state index contributed by atoms with van der Waals surface area (Å²) >= 11 is 0. The number of ether oxygens (including phenoxy) is 1. The van der Waals surface area contributed by atoms with Crippen LogP contribution in [0.1, 0.15) is 85.6 Å². The van der Waals surface area contributed by atoms with E-state index in [1.807, 2.05) is 24.3 Å². The summed E-state index contributed by atoms with van der Waals surface area (Å²) in [6.45, 7) is 3.09. The number of hydrogen-bond acceptors (Lipinski definition) is 9. The molecule has 3 amide bonds. The van der Waals surface area contributed by atoms with Crippen LogP contribution in [0.15, 0.2) is 58.2 Å². The van der Waals surface area contributed by atoms with Crippen LogP contribution in [-0.2, 0) is 16.6 Å². The zero-order valence-electron chi connectivity index (χ0n) is 28.8. The van der Waals surface area contributed by atoms with E-state index in [9.17, 15) is 19.2 Å². The second kappa shape index (κ2) is 13.5. The number of carbonyl (C=O) groups excluding carboxylic acids is 3. The predicted octanol–water partition coefficient (Wildman–Crippen LogP) is 4.53. The molecule has 1 atom stereocenters. The Morgan fingerprint density at radius 1 is 1.06 bits per heavy atom. The molecule has 8 rings (SSSR count). The average Bonchev–Trinajstić information content (AvgIpc) is 3.88. The van der Waals surface area contributed by atoms with E-state index in [1.54, 1.807) is 23.3 Å². The molecule has 0 radical (unpaired) electrons. The highest BCUT2D eigenvalue weighted by atomic mass is 16.5. The highest BCUT2D eigenvalue weighted by Gasteiger charge is 2.33. The number of nitrogens with zero attached hydrogens (tertiary/aromatic N) is 6. The second-order valence-electron chi connectivity index (χ2n) is 14.2. The summed E-state index contributed by atoms with van der Waals surface area (Å²) in [5.74, 6) is 0.317. The molecule has 266 valence electrons. The quantitative estimate of drug-likeness (QED) is 0.223. The van der Waals surface area contributed by atoms with Gasteiger partial charge in [-0.25, -0.2) is 9.78 Å². The third kappa shape index (κ3) is 6.21. The lowest BCUT2D eigenvalue weighted by Gasteiger charge is -2.37. The lowest BCUT2D eigenvalue weighted by Crippen LogP contribution is -2.44. The monoisotopic (exact) mass is 694 g/mol. The molecule has 2 aliphatic heterocycles. The molecule has 0 spiro atoms. The minimum atomic E-state index is -0.680. The Hall–Kier alpha value is -5.24. The van der Waals surface area contributed by atoms with E-state index < -0.39 is 17.9 Å². The first kappa shape index (κ1) is 32.9. The van der Waals surface area contributed by atoms with Crippen molar-refractivity contribution in [1.29, 1.82) is 0 Å². The lowest BCUT2D eigenvalue weighted by atomic mass is 9.84. The third-order valence-electron chi connectivity index (χ3n) is 11.1. The number of methoxy groups -OCH3 is 1. The lowest BCUT2D eigenvalue weighted by molar-refractivity contribution is -0.135. The van der Waals surface area contributed by atoms with Gasteiger partial charge >= 0.3 is 11.6 Å². The number of aromatic nitrogens is 5. The van der Waals surface area contributed by atoms with Crippen LogP contribution < -0.4 is 21.1 Å². The van der Waals surface area contributed by atoms with E-state index in [1.165, 1.54) is 12.5 Å². The van der Waals surface area contributed by atoms with Crippen molar-refractivity contribution >= 4 is 45.3 Å². The number of oxazole rings is 1. The van der Waals surface area contributed by atoms with Gasteiger partial charge in [0.05, 0.1) is 41.6 Å². The molecule has 51 heavy (non-hydrogen) atoms. The molecule has 5 heterocycles. The number of carbonyl (C=O) groups is 3. The standard InChI is InChI=1S/C37H42N8O6/c1-42-33-26(4-3-5-29(33)45(37(42)49)30-10-11-32(46)40-34(30)47)23-12-15-43(16-13-23)20-22-6-8-25(9-7-22)44-21-24-18-28(31(50-2)19-27(24)41-44)39-35(48)36-38-14-17-51-36/h3-5,14,17-19,21-23,25,30H,6-13,15-16,20H2,1-2H3,(H,39,48)(H,40,46,47)/t22-,25-,30?. The number of rotatable bonds is 8. The second-order valence-corrected chi connectivity index (χ2v) is 14.2. The summed E-state index contributed by atoms with van der Waals surface area (Å²) in [6.07, 6.45) is 11.8. The van der Waals surface area contributed by atoms with Gasteiger partial charge in [0.25, 0.3) is 5.89 Å². The van der Waals surface area contributed by atoms with Crippen molar-refractivity contribution in [1.82, 2.24) is 34.1 Å². The number of anilines is 1. The Kier molecular flexibility index (Phi) is 8.70. The number of para-hydroxylation sites is 1. The van der Waals surface area contributed by atoms with Crippen molar-refractivity contribution in [2.45, 2.75) is 69.4 Å². The third-order valence-corrected chi connectivity index (χ3v) is 11.1. The van der Waals surface area contributed by atoms with Gasteiger partial charge in [0.1, 0.15) is 18.1 Å². The van der Waals surface area contributed by atoms with E-state index in [0.717, 1.165) is 85.7 Å². The molecule has 3 aromatic heterocycles. The van der Waals surface area contributed by atoms with Gasteiger partial charge in [0, 0.05) is 37.7 Å². The number of imidazole rings is 1. The van der Waals surface area contributed by atoms with Gasteiger partial charge in [-0.3, -0.25) is 33.5 Å². The van der Waals surface area contributed by atoms with Crippen LogP contribution in [0.5, 0.6) is 5.75 Å². The highest BCUT2D eigenvalue weighted by Crippen LogP contribution is 2.38. The molecular formula is C37H42N8O6. The zero-order chi connectivity index (χ0) is 35.2. The number of piperidine rings is 2. The fraction of sp³-hybridized carbons (Fsp3) is 0.459. The zero-order valence-corrected chi connectivity index (χ0v) is 28.8. The number of fused-ring (bicyclic) bond motifs is 2. The SMILES string of the molecule is COc1cc2nn([C@H]3CC[C@H](CN4CCC(c5cccc6c5n(C)c(=O)n6C5CCC(=O)NC5=O)CC4)CC3)cc2cc1NC(=O)c1ncco1. The Labute approximate surface area is 293 Å². The number of likely N-dealkylation sites (tertiary alicyclic amines) is 1. The molecule has 3 fully saturated rings. The highest BCUT2D eigenvalue weighted by molar-refractivity contribution is 6.03. The molecule has 3 aliphatic rings. The van der Waals surface area contributed by atoms with E-state index in [2.05, 4.69) is 37.5 Å². The topological polar surface area (TPSA) is 159 Å². The number of benzene rings is 2. The maximum absolute atomic E-state index is 13.4. The number of nitrogens with one attached hydrogen (secondary N) is 2. The first-order chi connectivity index (χ1) is 24.8. The van der Waals surface area contributed by atoms with Crippen LogP contribution >= 0.6 is 0 Å². The maximum Gasteiger partial charge on any atom is 0.329 e. The molecule has 1 aliphatic carbocycles. The van der Waals surface area contributed by atoms with Crippen LogP contribution in [0.2, 0.25) is 0 Å². The van der Waals surface area contributed by atoms with Gasteiger partial charge in [-0.2, -0.15) is 5.10 Å². The maximum atomic E-state index is 13.4. The first-order valence-electron chi connectivity index (χ1n) is 17.8. The van der Waals surface area contributed by atoms with Crippen molar-refractivity contribution in [3.8, 4) is 5.75 Å². The minimum Gasteiger partial charge on any atom is -0.494 e. The van der Waals surface area contributed by atoms with Crippen molar-refractivity contribution in [3.63, 3.8) is 0 Å². The smallest absolute Gasteiger partial charge is 0.329 e. The van der Waals surface area contributed by atoms with E-state index in [4.69, 9.17) is 14.3 Å². The van der Waals surface area contributed by atoms with Crippen LogP contribution in [0.3, 0.4) is 0 Å². The molecule has 1 unspecified atom stereocenters. The number of hydrogen-bond donors (Lipinski definition) is 2. The Balaban J connectivity index is 0.882. The summed E-state index contributed by atoms with van der Waals surface area (Å²) in [4.78, 5) is 56.9.